The van der Waals surface area contributed by atoms with Gasteiger partial charge in [0.05, 0.1) is 17.2 Å². The highest BCUT2D eigenvalue weighted by Gasteiger charge is 2.49. The van der Waals surface area contributed by atoms with Crippen LogP contribution in [0.4, 0.5) is 18.9 Å². The van der Waals surface area contributed by atoms with E-state index in [2.05, 4.69) is 5.32 Å². The summed E-state index contributed by atoms with van der Waals surface area (Å²) in [4.78, 5) is 28.9. The van der Waals surface area contributed by atoms with E-state index in [0.29, 0.717) is 26.1 Å². The summed E-state index contributed by atoms with van der Waals surface area (Å²) < 4.78 is 40.5. The van der Waals surface area contributed by atoms with E-state index in [-0.39, 0.29) is 28.8 Å². The quantitative estimate of drug-likeness (QED) is 0.770. The molecule has 1 aromatic rings. The van der Waals surface area contributed by atoms with E-state index in [1.807, 2.05) is 4.90 Å². The Bertz CT molecular complexity index is 944. The van der Waals surface area contributed by atoms with Crippen LogP contribution in [0, 0.1) is 22.7 Å². The molecule has 172 valence electrons. The van der Waals surface area contributed by atoms with Crippen LogP contribution >= 0.6 is 0 Å². The molecule has 0 bridgehead atoms. The van der Waals surface area contributed by atoms with E-state index in [1.165, 1.54) is 19.2 Å². The van der Waals surface area contributed by atoms with Crippen molar-refractivity contribution in [3.8, 4) is 6.07 Å². The summed E-state index contributed by atoms with van der Waals surface area (Å²) in [5, 5.41) is 11.7. The van der Waals surface area contributed by atoms with E-state index in [1.54, 1.807) is 11.0 Å². The zero-order chi connectivity index (χ0) is 23.1. The summed E-state index contributed by atoms with van der Waals surface area (Å²) in [6, 6.07) is 4.64. The van der Waals surface area contributed by atoms with Gasteiger partial charge in [-0.2, -0.15) is 18.4 Å². The molecular weight excluding hydrogens is 421 g/mol. The lowest BCUT2D eigenvalue weighted by Crippen LogP contribution is -2.47. The second-order valence-electron chi connectivity index (χ2n) is 9.25. The number of nitrogens with one attached hydrogen (secondary N) is 1. The molecule has 6 nitrogen and oxygen atoms in total. The van der Waals surface area contributed by atoms with E-state index in [4.69, 9.17) is 5.26 Å². The number of carbonyl (C=O) groups is 2. The van der Waals surface area contributed by atoms with Crippen molar-refractivity contribution in [1.82, 2.24) is 10.2 Å². The first-order valence-corrected chi connectivity index (χ1v) is 11.1. The molecule has 2 saturated heterocycles. The topological polar surface area (TPSA) is 76.4 Å². The van der Waals surface area contributed by atoms with Crippen molar-refractivity contribution < 1.29 is 22.8 Å². The van der Waals surface area contributed by atoms with Crippen LogP contribution in [0.5, 0.6) is 0 Å². The van der Waals surface area contributed by atoms with Crippen molar-refractivity contribution in [1.29, 1.82) is 5.26 Å². The van der Waals surface area contributed by atoms with Crippen molar-refractivity contribution in [3.05, 3.63) is 29.3 Å². The lowest BCUT2D eigenvalue weighted by atomic mass is 9.75. The number of halogens is 3. The van der Waals surface area contributed by atoms with Gasteiger partial charge in [-0.15, -0.1) is 0 Å². The Morgan fingerprint density at radius 1 is 1.22 bits per heavy atom. The predicted molar refractivity (Wildman–Crippen MR) is 112 cm³/mol. The molecule has 3 aliphatic rings. The smallest absolute Gasteiger partial charge is 0.359 e. The molecule has 1 saturated carbocycles. The van der Waals surface area contributed by atoms with Gasteiger partial charge in [-0.25, -0.2) is 0 Å². The van der Waals surface area contributed by atoms with E-state index in [9.17, 15) is 22.8 Å². The fourth-order valence-corrected chi connectivity index (χ4v) is 5.25. The van der Waals surface area contributed by atoms with Crippen LogP contribution in [-0.2, 0) is 15.8 Å². The number of nitriles is 1. The predicted octanol–water partition coefficient (Wildman–Crippen LogP) is 3.31. The van der Waals surface area contributed by atoms with E-state index >= 15 is 0 Å². The van der Waals surface area contributed by atoms with Gasteiger partial charge in [0.2, 0.25) is 11.8 Å². The number of anilines is 1. The third kappa shape index (κ3) is 4.03. The Kier molecular flexibility index (Phi) is 5.82. The number of nitrogens with zero attached hydrogens (tertiary/aromatic N) is 3. The Hall–Kier alpha value is -2.76. The number of hydrogen-bond donors (Lipinski definition) is 1. The second-order valence-corrected chi connectivity index (χ2v) is 9.25. The molecule has 2 amide bonds. The van der Waals surface area contributed by atoms with Crippen LogP contribution in [0.15, 0.2) is 18.2 Å². The lowest BCUT2D eigenvalue weighted by Gasteiger charge is -2.41. The van der Waals surface area contributed by atoms with Crippen LogP contribution < -0.4 is 10.2 Å². The number of piperidine rings is 1. The summed E-state index contributed by atoms with van der Waals surface area (Å²) in [6.07, 6.45) is 0.311. The number of benzene rings is 1. The Morgan fingerprint density at radius 3 is 2.44 bits per heavy atom. The average molecular weight is 448 g/mol. The van der Waals surface area contributed by atoms with Crippen LogP contribution in [0.1, 0.15) is 49.7 Å². The molecule has 1 N–H and O–H groups in total. The summed E-state index contributed by atoms with van der Waals surface area (Å²) in [6.45, 7) is 1.68. The van der Waals surface area contributed by atoms with Crippen LogP contribution in [0.25, 0.3) is 0 Å². The Balaban J connectivity index is 1.57. The maximum Gasteiger partial charge on any atom is 0.417 e. The van der Waals surface area contributed by atoms with Crippen molar-refractivity contribution in [2.45, 2.75) is 50.7 Å². The zero-order valence-electron chi connectivity index (χ0n) is 18.0. The van der Waals surface area contributed by atoms with Gasteiger partial charge in [-0.3, -0.25) is 9.59 Å². The van der Waals surface area contributed by atoms with Gasteiger partial charge in [-0.05, 0) is 55.7 Å². The molecule has 9 heteroatoms. The average Bonchev–Trinajstić information content (AvgIpc) is 3.10. The highest BCUT2D eigenvalue weighted by molar-refractivity contribution is 5.86. The summed E-state index contributed by atoms with van der Waals surface area (Å²) >= 11 is 0. The normalized spacial score (nSPS) is 23.0. The molecule has 0 radical (unpaired) electrons. The largest absolute Gasteiger partial charge is 0.417 e. The third-order valence-corrected chi connectivity index (χ3v) is 7.41. The molecule has 2 aliphatic heterocycles. The number of alkyl halides is 3. The van der Waals surface area contributed by atoms with Crippen molar-refractivity contribution >= 4 is 17.5 Å². The fraction of sp³-hybridized carbons (Fsp3) is 0.609. The highest BCUT2D eigenvalue weighted by atomic mass is 19.4. The maximum absolute atomic E-state index is 13.5. The first kappa shape index (κ1) is 22.4. The number of hydrogen-bond acceptors (Lipinski definition) is 4. The van der Waals surface area contributed by atoms with Crippen molar-refractivity contribution in [2.24, 2.45) is 11.3 Å². The van der Waals surface area contributed by atoms with Crippen LogP contribution in [-0.4, -0.2) is 49.4 Å². The maximum atomic E-state index is 13.5. The molecule has 2 heterocycles. The highest BCUT2D eigenvalue weighted by Crippen LogP contribution is 2.46. The minimum atomic E-state index is -4.66. The molecule has 1 unspecified atom stereocenters. The van der Waals surface area contributed by atoms with Gasteiger partial charge in [0.25, 0.3) is 0 Å². The van der Waals surface area contributed by atoms with Gasteiger partial charge >= 0.3 is 6.18 Å². The molecule has 0 aromatic heterocycles. The standard InChI is InChI=1S/C23H27F3N4O2/c1-28-20(31)19-12-22(7-9-29(10-8-22)21(32)15-3-2-4-15)14-30(19)17-6-5-16(13-27)18(11-17)23(24,25)26/h5-6,11,15,19H,2-4,7-10,12,14H2,1H3,(H,28,31). The Morgan fingerprint density at radius 2 is 1.91 bits per heavy atom. The van der Waals surface area contributed by atoms with Crippen LogP contribution in [0.2, 0.25) is 0 Å². The second kappa shape index (κ2) is 8.30. The van der Waals surface area contributed by atoms with E-state index in [0.717, 1.165) is 38.2 Å². The summed E-state index contributed by atoms with van der Waals surface area (Å²) in [7, 11) is 1.52. The molecule has 1 spiro atoms. The zero-order valence-corrected chi connectivity index (χ0v) is 18.0. The number of likely N-dealkylation sites (N-methyl/N-ethyl adjacent to an activating group) is 1. The van der Waals surface area contributed by atoms with E-state index < -0.39 is 23.3 Å². The van der Waals surface area contributed by atoms with Crippen molar-refractivity contribution in [2.75, 3.05) is 31.6 Å². The molecule has 4 rings (SSSR count). The van der Waals surface area contributed by atoms with Gasteiger partial charge in [0, 0.05) is 38.3 Å². The number of likely N-dealkylation sites (tertiary alicyclic amines) is 1. The van der Waals surface area contributed by atoms with Crippen LogP contribution in [0.3, 0.4) is 0 Å². The molecule has 3 fully saturated rings. The monoisotopic (exact) mass is 448 g/mol. The number of rotatable bonds is 3. The van der Waals surface area contributed by atoms with Gasteiger partial charge in [0.15, 0.2) is 0 Å². The van der Waals surface area contributed by atoms with Gasteiger partial charge in [0.1, 0.15) is 6.04 Å². The first-order chi connectivity index (χ1) is 15.2. The third-order valence-electron chi connectivity index (χ3n) is 7.41. The van der Waals surface area contributed by atoms with Crippen molar-refractivity contribution in [3.63, 3.8) is 0 Å². The number of amides is 2. The first-order valence-electron chi connectivity index (χ1n) is 11.1. The minimum absolute atomic E-state index is 0.141. The lowest BCUT2D eigenvalue weighted by molar-refractivity contribution is -0.140. The summed E-state index contributed by atoms with van der Waals surface area (Å²) in [5.41, 5.74) is -1.38. The SMILES string of the molecule is CNC(=O)C1CC2(CCN(C(=O)C3CCC3)CC2)CN1c1ccc(C#N)c(C(F)(F)F)c1. The number of carbonyl (C=O) groups excluding carboxylic acids is 2. The van der Waals surface area contributed by atoms with Gasteiger partial charge in [-0.1, -0.05) is 6.42 Å². The Labute approximate surface area is 185 Å². The molecule has 1 aliphatic carbocycles. The van der Waals surface area contributed by atoms with Gasteiger partial charge < -0.3 is 15.1 Å². The molecule has 1 aromatic carbocycles. The molecule has 32 heavy (non-hydrogen) atoms. The summed E-state index contributed by atoms with van der Waals surface area (Å²) in [5.74, 6) is 0.112. The fourth-order valence-electron chi connectivity index (χ4n) is 5.25. The molecular formula is C23H27F3N4O2. The minimum Gasteiger partial charge on any atom is -0.359 e. The molecule has 1 atom stereocenters.